The van der Waals surface area contributed by atoms with Gasteiger partial charge in [0.1, 0.15) is 5.82 Å². The summed E-state index contributed by atoms with van der Waals surface area (Å²) in [6.07, 6.45) is 3.24. The summed E-state index contributed by atoms with van der Waals surface area (Å²) in [6, 6.07) is 4.00. The van der Waals surface area contributed by atoms with Gasteiger partial charge in [0.15, 0.2) is 0 Å². The molecular formula is C11H15BrN2O. The smallest absolute Gasteiger partial charge is 0.129 e. The summed E-state index contributed by atoms with van der Waals surface area (Å²) in [5, 5.41) is 0. The Morgan fingerprint density at radius 3 is 3.27 bits per heavy atom. The first kappa shape index (κ1) is 10.9. The molecule has 0 aromatic carbocycles. The normalized spacial score (nSPS) is 21.7. The fourth-order valence-electron chi connectivity index (χ4n) is 1.74. The third-order valence-electron chi connectivity index (χ3n) is 2.63. The molecule has 1 aromatic rings. The number of ether oxygens (including phenoxy) is 1. The molecule has 0 saturated carbocycles. The van der Waals surface area contributed by atoms with Gasteiger partial charge in [0, 0.05) is 23.8 Å². The Morgan fingerprint density at radius 2 is 2.53 bits per heavy atom. The molecule has 0 spiro atoms. The third kappa shape index (κ3) is 2.69. The number of aromatic nitrogens is 1. The molecule has 0 amide bonds. The van der Waals surface area contributed by atoms with E-state index in [1.807, 2.05) is 12.3 Å². The van der Waals surface area contributed by atoms with Gasteiger partial charge in [0.2, 0.25) is 0 Å². The first-order valence-electron chi connectivity index (χ1n) is 5.27. The van der Waals surface area contributed by atoms with Gasteiger partial charge >= 0.3 is 0 Å². The van der Waals surface area contributed by atoms with Crippen molar-refractivity contribution >= 4 is 21.7 Å². The number of nitrogens with zero attached hydrogens (tertiary/aromatic N) is 2. The molecule has 1 aliphatic rings. The molecule has 15 heavy (non-hydrogen) atoms. The molecule has 3 nitrogen and oxygen atoms in total. The van der Waals surface area contributed by atoms with E-state index in [-0.39, 0.29) is 0 Å². The Labute approximate surface area is 98.6 Å². The van der Waals surface area contributed by atoms with Crippen molar-refractivity contribution in [3.05, 3.63) is 22.8 Å². The third-order valence-corrected chi connectivity index (χ3v) is 3.12. The number of halogens is 1. The summed E-state index contributed by atoms with van der Waals surface area (Å²) in [5.74, 6) is 1.03. The quantitative estimate of drug-likeness (QED) is 0.826. The molecule has 82 valence electrons. The monoisotopic (exact) mass is 270 g/mol. The van der Waals surface area contributed by atoms with Crippen LogP contribution in [0.5, 0.6) is 0 Å². The van der Waals surface area contributed by atoms with E-state index in [9.17, 15) is 0 Å². The molecule has 1 saturated heterocycles. The highest BCUT2D eigenvalue weighted by Gasteiger charge is 2.19. The largest absolute Gasteiger partial charge is 0.375 e. The minimum absolute atomic E-state index is 0.347. The molecule has 2 heterocycles. The lowest BCUT2D eigenvalue weighted by molar-refractivity contribution is 0.0381. The van der Waals surface area contributed by atoms with Crippen LogP contribution in [0.25, 0.3) is 0 Å². The molecule has 0 radical (unpaired) electrons. The molecule has 0 bridgehead atoms. The van der Waals surface area contributed by atoms with Crippen LogP contribution in [0.3, 0.4) is 0 Å². The van der Waals surface area contributed by atoms with Crippen LogP contribution in [0.2, 0.25) is 0 Å². The van der Waals surface area contributed by atoms with Gasteiger partial charge in [-0.15, -0.1) is 0 Å². The van der Waals surface area contributed by atoms with Gasteiger partial charge in [0.05, 0.1) is 12.7 Å². The first-order chi connectivity index (χ1) is 7.29. The van der Waals surface area contributed by atoms with Gasteiger partial charge in [-0.2, -0.15) is 0 Å². The van der Waals surface area contributed by atoms with Crippen molar-refractivity contribution in [1.82, 2.24) is 4.98 Å². The van der Waals surface area contributed by atoms with E-state index in [0.29, 0.717) is 6.10 Å². The van der Waals surface area contributed by atoms with Crippen LogP contribution in [-0.2, 0) is 4.74 Å². The van der Waals surface area contributed by atoms with Crippen LogP contribution in [0.1, 0.15) is 13.3 Å². The molecule has 0 unspecified atom stereocenters. The average molecular weight is 271 g/mol. The topological polar surface area (TPSA) is 25.4 Å². The molecule has 1 atom stereocenters. The van der Waals surface area contributed by atoms with E-state index in [1.54, 1.807) is 0 Å². The zero-order valence-corrected chi connectivity index (χ0v) is 10.4. The Balaban J connectivity index is 2.09. The SMILES string of the molecule is CC[C@H]1CN(c2cc(Br)ccn2)CCO1. The second-order valence-electron chi connectivity index (χ2n) is 3.68. The highest BCUT2D eigenvalue weighted by molar-refractivity contribution is 9.10. The summed E-state index contributed by atoms with van der Waals surface area (Å²) in [4.78, 5) is 6.65. The standard InChI is InChI=1S/C11H15BrN2O/c1-2-10-8-14(5-6-15-10)11-7-9(12)3-4-13-11/h3-4,7,10H,2,5-6,8H2,1H3/t10-/m0/s1. The minimum atomic E-state index is 0.347. The van der Waals surface area contributed by atoms with Crippen molar-refractivity contribution < 1.29 is 4.74 Å². The second-order valence-corrected chi connectivity index (χ2v) is 4.59. The van der Waals surface area contributed by atoms with Crippen molar-refractivity contribution in [2.45, 2.75) is 19.4 Å². The Hall–Kier alpha value is -0.610. The number of morpholine rings is 1. The summed E-state index contributed by atoms with van der Waals surface area (Å²) >= 11 is 3.46. The van der Waals surface area contributed by atoms with Crippen LogP contribution < -0.4 is 4.90 Å². The molecule has 2 rings (SSSR count). The minimum Gasteiger partial charge on any atom is -0.375 e. The highest BCUT2D eigenvalue weighted by Crippen LogP contribution is 2.19. The van der Waals surface area contributed by atoms with Crippen LogP contribution in [0, 0.1) is 0 Å². The Kier molecular flexibility index (Phi) is 3.59. The molecule has 1 aliphatic heterocycles. The number of anilines is 1. The zero-order chi connectivity index (χ0) is 10.7. The van der Waals surface area contributed by atoms with Crippen molar-refractivity contribution in [3.63, 3.8) is 0 Å². The summed E-state index contributed by atoms with van der Waals surface area (Å²) < 4.78 is 6.70. The van der Waals surface area contributed by atoms with Crippen molar-refractivity contribution in [2.24, 2.45) is 0 Å². The number of hydrogen-bond acceptors (Lipinski definition) is 3. The van der Waals surface area contributed by atoms with Gasteiger partial charge in [-0.25, -0.2) is 4.98 Å². The van der Waals surface area contributed by atoms with Crippen molar-refractivity contribution in [2.75, 3.05) is 24.6 Å². The molecule has 1 fully saturated rings. The molecule has 1 aromatic heterocycles. The molecule has 4 heteroatoms. The van der Waals surface area contributed by atoms with Crippen LogP contribution in [0.15, 0.2) is 22.8 Å². The van der Waals surface area contributed by atoms with E-state index in [4.69, 9.17) is 4.74 Å². The Bertz CT molecular complexity index is 332. The lowest BCUT2D eigenvalue weighted by Crippen LogP contribution is -2.42. The van der Waals surface area contributed by atoms with Gasteiger partial charge < -0.3 is 9.64 Å². The zero-order valence-electron chi connectivity index (χ0n) is 8.82. The van der Waals surface area contributed by atoms with E-state index in [2.05, 4.69) is 38.8 Å². The Morgan fingerprint density at radius 1 is 1.67 bits per heavy atom. The fourth-order valence-corrected chi connectivity index (χ4v) is 2.06. The predicted molar refractivity (Wildman–Crippen MR) is 64.2 cm³/mol. The highest BCUT2D eigenvalue weighted by atomic mass is 79.9. The van der Waals surface area contributed by atoms with E-state index in [0.717, 1.165) is 36.4 Å². The predicted octanol–water partition coefficient (Wildman–Crippen LogP) is 2.46. The van der Waals surface area contributed by atoms with Gasteiger partial charge in [-0.05, 0) is 18.6 Å². The molecular weight excluding hydrogens is 256 g/mol. The maximum absolute atomic E-state index is 5.63. The van der Waals surface area contributed by atoms with E-state index >= 15 is 0 Å². The average Bonchev–Trinajstić information content (AvgIpc) is 2.29. The first-order valence-corrected chi connectivity index (χ1v) is 6.07. The van der Waals surface area contributed by atoms with E-state index in [1.165, 1.54) is 0 Å². The summed E-state index contributed by atoms with van der Waals surface area (Å²) in [7, 11) is 0. The number of pyridine rings is 1. The molecule has 0 aliphatic carbocycles. The maximum atomic E-state index is 5.63. The summed E-state index contributed by atoms with van der Waals surface area (Å²) in [5.41, 5.74) is 0. The summed E-state index contributed by atoms with van der Waals surface area (Å²) in [6.45, 7) is 4.83. The van der Waals surface area contributed by atoms with Gasteiger partial charge in [-0.3, -0.25) is 0 Å². The lowest BCUT2D eigenvalue weighted by atomic mass is 10.2. The number of hydrogen-bond donors (Lipinski definition) is 0. The van der Waals surface area contributed by atoms with E-state index < -0.39 is 0 Å². The van der Waals surface area contributed by atoms with Crippen LogP contribution >= 0.6 is 15.9 Å². The maximum Gasteiger partial charge on any atom is 0.129 e. The fraction of sp³-hybridized carbons (Fsp3) is 0.545. The van der Waals surface area contributed by atoms with Gasteiger partial charge in [0.25, 0.3) is 0 Å². The lowest BCUT2D eigenvalue weighted by Gasteiger charge is -2.33. The van der Waals surface area contributed by atoms with Gasteiger partial charge in [-0.1, -0.05) is 22.9 Å². The second kappa shape index (κ2) is 4.94. The number of rotatable bonds is 2. The van der Waals surface area contributed by atoms with Crippen molar-refractivity contribution in [1.29, 1.82) is 0 Å². The van der Waals surface area contributed by atoms with Crippen LogP contribution in [0.4, 0.5) is 5.82 Å². The van der Waals surface area contributed by atoms with Crippen LogP contribution in [-0.4, -0.2) is 30.8 Å². The van der Waals surface area contributed by atoms with Crippen molar-refractivity contribution in [3.8, 4) is 0 Å². The molecule has 0 N–H and O–H groups in total.